The van der Waals surface area contributed by atoms with E-state index in [0.29, 0.717) is 28.8 Å². The molecule has 0 N–H and O–H groups in total. The molecule has 2 unspecified atom stereocenters. The molecule has 0 amide bonds. The number of hydrogen-bond donors (Lipinski definition) is 0. The first-order chi connectivity index (χ1) is 9.60. The normalized spacial score (nSPS) is 24.1. The largest absolute Gasteiger partial charge is 0.444 e. The van der Waals surface area contributed by atoms with E-state index in [1.165, 1.54) is 0 Å². The van der Waals surface area contributed by atoms with Crippen molar-refractivity contribution >= 4 is 15.9 Å². The molecule has 1 saturated heterocycles. The first kappa shape index (κ1) is 13.8. The van der Waals surface area contributed by atoms with Gasteiger partial charge in [0.1, 0.15) is 0 Å². The lowest BCUT2D eigenvalue weighted by atomic mass is 10.2. The van der Waals surface area contributed by atoms with Gasteiger partial charge in [0.15, 0.2) is 10.4 Å². The standard InChI is InChI=1S/C13H16BrN3O3/c1-8-5-17(6-9(2)18-8)7-12-15-16-13(20-12)10-3-4-11(14)19-10/h3-4,8-9H,5-7H2,1-2H3. The Morgan fingerprint density at radius 3 is 2.60 bits per heavy atom. The number of rotatable bonds is 3. The van der Waals surface area contributed by atoms with Gasteiger partial charge < -0.3 is 13.6 Å². The lowest BCUT2D eigenvalue weighted by Crippen LogP contribution is -2.44. The fourth-order valence-electron chi connectivity index (χ4n) is 2.45. The quantitative estimate of drug-likeness (QED) is 0.855. The van der Waals surface area contributed by atoms with Gasteiger partial charge in [-0.15, -0.1) is 10.2 Å². The third kappa shape index (κ3) is 3.11. The maximum Gasteiger partial charge on any atom is 0.283 e. The van der Waals surface area contributed by atoms with Crippen LogP contribution >= 0.6 is 15.9 Å². The minimum absolute atomic E-state index is 0.224. The van der Waals surface area contributed by atoms with E-state index in [2.05, 4.69) is 44.9 Å². The molecule has 3 heterocycles. The van der Waals surface area contributed by atoms with E-state index in [9.17, 15) is 0 Å². The summed E-state index contributed by atoms with van der Waals surface area (Å²) in [4.78, 5) is 2.26. The highest BCUT2D eigenvalue weighted by Gasteiger charge is 2.24. The van der Waals surface area contributed by atoms with Crippen molar-refractivity contribution in [3.05, 3.63) is 22.7 Å². The number of hydrogen-bond acceptors (Lipinski definition) is 6. The van der Waals surface area contributed by atoms with Crippen LogP contribution in [0.25, 0.3) is 11.7 Å². The highest BCUT2D eigenvalue weighted by Crippen LogP contribution is 2.24. The Balaban J connectivity index is 1.68. The summed E-state index contributed by atoms with van der Waals surface area (Å²) in [6.45, 7) is 6.51. The van der Waals surface area contributed by atoms with Crippen molar-refractivity contribution in [2.45, 2.75) is 32.6 Å². The second kappa shape index (κ2) is 5.67. The van der Waals surface area contributed by atoms with E-state index >= 15 is 0 Å². The topological polar surface area (TPSA) is 64.5 Å². The maximum absolute atomic E-state index is 5.70. The zero-order valence-electron chi connectivity index (χ0n) is 11.4. The van der Waals surface area contributed by atoms with Crippen molar-refractivity contribution in [1.82, 2.24) is 15.1 Å². The van der Waals surface area contributed by atoms with Gasteiger partial charge in [-0.2, -0.15) is 0 Å². The Hall–Kier alpha value is -1.18. The van der Waals surface area contributed by atoms with Gasteiger partial charge in [-0.25, -0.2) is 0 Å². The fraction of sp³-hybridized carbons (Fsp3) is 0.538. The zero-order chi connectivity index (χ0) is 14.1. The SMILES string of the molecule is CC1CN(Cc2nnc(-c3ccc(Br)o3)o2)CC(C)O1. The van der Waals surface area contributed by atoms with Gasteiger partial charge in [-0.3, -0.25) is 4.90 Å². The molecule has 1 fully saturated rings. The van der Waals surface area contributed by atoms with E-state index in [1.807, 2.05) is 0 Å². The highest BCUT2D eigenvalue weighted by molar-refractivity contribution is 9.10. The van der Waals surface area contributed by atoms with Crippen molar-refractivity contribution in [3.8, 4) is 11.7 Å². The molecule has 2 atom stereocenters. The van der Waals surface area contributed by atoms with Crippen molar-refractivity contribution in [3.63, 3.8) is 0 Å². The van der Waals surface area contributed by atoms with Crippen LogP contribution in [0.3, 0.4) is 0 Å². The van der Waals surface area contributed by atoms with Gasteiger partial charge in [-0.1, -0.05) is 0 Å². The van der Waals surface area contributed by atoms with Gasteiger partial charge in [0.25, 0.3) is 5.89 Å². The molecular weight excluding hydrogens is 326 g/mol. The summed E-state index contributed by atoms with van der Waals surface area (Å²) in [7, 11) is 0. The molecule has 1 aliphatic rings. The first-order valence-corrected chi connectivity index (χ1v) is 7.35. The van der Waals surface area contributed by atoms with E-state index in [0.717, 1.165) is 13.1 Å². The van der Waals surface area contributed by atoms with Crippen molar-refractivity contribution < 1.29 is 13.6 Å². The molecule has 0 saturated carbocycles. The van der Waals surface area contributed by atoms with Gasteiger partial charge in [0.05, 0.1) is 18.8 Å². The van der Waals surface area contributed by atoms with Crippen LogP contribution in [0.15, 0.2) is 25.6 Å². The second-order valence-electron chi connectivity index (χ2n) is 5.06. The van der Waals surface area contributed by atoms with Crippen molar-refractivity contribution in [1.29, 1.82) is 0 Å². The molecule has 2 aromatic rings. The average Bonchev–Trinajstić information content (AvgIpc) is 2.96. The van der Waals surface area contributed by atoms with Crippen molar-refractivity contribution in [2.75, 3.05) is 13.1 Å². The number of aromatic nitrogens is 2. The average molecular weight is 342 g/mol. The molecular formula is C13H16BrN3O3. The molecule has 2 aromatic heterocycles. The minimum Gasteiger partial charge on any atom is -0.444 e. The molecule has 6 nitrogen and oxygen atoms in total. The van der Waals surface area contributed by atoms with Gasteiger partial charge in [0.2, 0.25) is 5.89 Å². The smallest absolute Gasteiger partial charge is 0.283 e. The van der Waals surface area contributed by atoms with Crippen LogP contribution in [0, 0.1) is 0 Å². The summed E-state index contributed by atoms with van der Waals surface area (Å²) < 4.78 is 17.4. The number of ether oxygens (including phenoxy) is 1. The Morgan fingerprint density at radius 1 is 1.20 bits per heavy atom. The number of nitrogens with zero attached hydrogens (tertiary/aromatic N) is 3. The van der Waals surface area contributed by atoms with E-state index in [4.69, 9.17) is 13.6 Å². The van der Waals surface area contributed by atoms with Gasteiger partial charge in [-0.05, 0) is 41.9 Å². The Labute approximate surface area is 125 Å². The van der Waals surface area contributed by atoms with Crippen LogP contribution in [-0.2, 0) is 11.3 Å². The third-order valence-electron chi connectivity index (χ3n) is 3.10. The van der Waals surface area contributed by atoms with Crippen molar-refractivity contribution in [2.24, 2.45) is 0 Å². The Morgan fingerprint density at radius 2 is 1.95 bits per heavy atom. The summed E-state index contributed by atoms with van der Waals surface area (Å²) in [5.74, 6) is 1.56. The minimum atomic E-state index is 0.224. The lowest BCUT2D eigenvalue weighted by Gasteiger charge is -2.34. The fourth-order valence-corrected chi connectivity index (χ4v) is 2.76. The summed E-state index contributed by atoms with van der Waals surface area (Å²) in [5, 5.41) is 8.09. The molecule has 1 aliphatic heterocycles. The summed E-state index contributed by atoms with van der Waals surface area (Å²) in [6.07, 6.45) is 0.448. The van der Waals surface area contributed by atoms with E-state index in [-0.39, 0.29) is 12.2 Å². The molecule has 0 spiro atoms. The second-order valence-corrected chi connectivity index (χ2v) is 5.84. The molecule has 3 rings (SSSR count). The third-order valence-corrected chi connectivity index (χ3v) is 3.53. The molecule has 0 aliphatic carbocycles. The number of halogens is 1. The van der Waals surface area contributed by atoms with Crippen LogP contribution in [0.1, 0.15) is 19.7 Å². The highest BCUT2D eigenvalue weighted by atomic mass is 79.9. The molecule has 0 bridgehead atoms. The van der Waals surface area contributed by atoms with Crippen LogP contribution in [-0.4, -0.2) is 40.4 Å². The number of furan rings is 1. The predicted octanol–water partition coefficient (Wildman–Crippen LogP) is 2.70. The predicted molar refractivity (Wildman–Crippen MR) is 75.0 cm³/mol. The van der Waals surface area contributed by atoms with Crippen LogP contribution in [0.2, 0.25) is 0 Å². The molecule has 7 heteroatoms. The first-order valence-electron chi connectivity index (χ1n) is 6.56. The molecule has 20 heavy (non-hydrogen) atoms. The van der Waals surface area contributed by atoms with E-state index < -0.39 is 0 Å². The maximum atomic E-state index is 5.70. The van der Waals surface area contributed by atoms with Crippen LogP contribution in [0.4, 0.5) is 0 Å². The molecule has 108 valence electrons. The lowest BCUT2D eigenvalue weighted by molar-refractivity contribution is -0.0721. The summed E-state index contributed by atoms with van der Waals surface area (Å²) in [6, 6.07) is 3.59. The van der Waals surface area contributed by atoms with Gasteiger partial charge in [0, 0.05) is 13.1 Å². The zero-order valence-corrected chi connectivity index (χ0v) is 13.0. The molecule has 0 aromatic carbocycles. The molecule has 0 radical (unpaired) electrons. The Bertz CT molecular complexity index is 573. The van der Waals surface area contributed by atoms with Crippen LogP contribution < -0.4 is 0 Å². The summed E-state index contributed by atoms with van der Waals surface area (Å²) in [5.41, 5.74) is 0. The monoisotopic (exact) mass is 341 g/mol. The van der Waals surface area contributed by atoms with Crippen LogP contribution in [0.5, 0.6) is 0 Å². The van der Waals surface area contributed by atoms with E-state index in [1.54, 1.807) is 12.1 Å². The summed E-state index contributed by atoms with van der Waals surface area (Å²) >= 11 is 3.25. The number of morpholine rings is 1. The Kier molecular flexibility index (Phi) is 3.91. The van der Waals surface area contributed by atoms with Gasteiger partial charge >= 0.3 is 0 Å².